The van der Waals surface area contributed by atoms with E-state index in [9.17, 15) is 13.2 Å². The lowest BCUT2D eigenvalue weighted by molar-refractivity contribution is 0.0757. The van der Waals surface area contributed by atoms with E-state index in [1.807, 2.05) is 18.2 Å². The zero-order chi connectivity index (χ0) is 20.1. The van der Waals surface area contributed by atoms with Crippen LogP contribution < -0.4 is 9.88 Å². The van der Waals surface area contributed by atoms with Crippen LogP contribution in [-0.4, -0.2) is 57.4 Å². The van der Waals surface area contributed by atoms with Gasteiger partial charge in [0.2, 0.25) is 10.0 Å². The van der Waals surface area contributed by atoms with Gasteiger partial charge in [-0.05, 0) is 30.2 Å². The highest BCUT2D eigenvalue weighted by molar-refractivity contribution is 7.89. The van der Waals surface area contributed by atoms with Gasteiger partial charge in [0.1, 0.15) is 5.75 Å². The first-order valence-corrected chi connectivity index (χ1v) is 10.7. The van der Waals surface area contributed by atoms with Crippen LogP contribution in [-0.2, 0) is 16.6 Å². The van der Waals surface area contributed by atoms with Gasteiger partial charge in [-0.25, -0.2) is 13.6 Å². The second-order valence-corrected chi connectivity index (χ2v) is 8.38. The largest absolute Gasteiger partial charge is 0.496 e. The van der Waals surface area contributed by atoms with Crippen LogP contribution in [0.4, 0.5) is 0 Å². The summed E-state index contributed by atoms with van der Waals surface area (Å²) in [4.78, 5) is 17.0. The Morgan fingerprint density at radius 1 is 1.07 bits per heavy atom. The van der Waals surface area contributed by atoms with Gasteiger partial charge in [0.25, 0.3) is 5.91 Å². The Morgan fingerprint density at radius 2 is 1.82 bits per heavy atom. The normalized spacial score (nSPS) is 15.9. The van der Waals surface area contributed by atoms with Crippen LogP contribution in [0.2, 0.25) is 0 Å². The third kappa shape index (κ3) is 4.89. The Hall–Kier alpha value is -2.42. The van der Waals surface area contributed by atoms with E-state index >= 15 is 0 Å². The maximum Gasteiger partial charge on any atom is 0.257 e. The van der Waals surface area contributed by atoms with Crippen LogP contribution in [0.1, 0.15) is 22.3 Å². The molecule has 0 aliphatic carbocycles. The van der Waals surface area contributed by atoms with Gasteiger partial charge in [0, 0.05) is 32.7 Å². The maximum atomic E-state index is 13.1. The molecule has 1 aliphatic heterocycles. The molecule has 1 amide bonds. The highest BCUT2D eigenvalue weighted by Gasteiger charge is 2.24. The lowest BCUT2D eigenvalue weighted by Crippen LogP contribution is -2.35. The molecule has 2 N–H and O–H groups in total. The molecule has 1 heterocycles. The molecule has 150 valence electrons. The molecule has 0 bridgehead atoms. The van der Waals surface area contributed by atoms with Crippen molar-refractivity contribution < 1.29 is 17.9 Å². The van der Waals surface area contributed by atoms with Crippen LogP contribution in [0.15, 0.2) is 53.4 Å². The number of hydrogen-bond acceptors (Lipinski definition) is 5. The van der Waals surface area contributed by atoms with Gasteiger partial charge in [0.05, 0.1) is 17.6 Å². The van der Waals surface area contributed by atoms with Crippen molar-refractivity contribution in [2.75, 3.05) is 33.3 Å². The van der Waals surface area contributed by atoms with Crippen LogP contribution in [0.5, 0.6) is 5.75 Å². The molecule has 28 heavy (non-hydrogen) atoms. The fourth-order valence-electron chi connectivity index (χ4n) is 3.38. The standard InChI is InChI=1S/C20H25N3O4S/c1-27-19-9-8-17(28(21,25)26)14-18(19)20(24)23-11-5-10-22(12-13-23)15-16-6-3-2-4-7-16/h2-4,6-9,14H,5,10-13,15H2,1H3,(H2,21,25,26). The Morgan fingerprint density at radius 3 is 2.50 bits per heavy atom. The SMILES string of the molecule is COc1ccc(S(N)(=O)=O)cc1C(=O)N1CCCN(Cc2ccccc2)CC1. The van der Waals surface area contributed by atoms with Gasteiger partial charge < -0.3 is 9.64 Å². The van der Waals surface area contributed by atoms with Gasteiger partial charge in [-0.15, -0.1) is 0 Å². The van der Waals surface area contributed by atoms with E-state index in [2.05, 4.69) is 17.0 Å². The van der Waals surface area contributed by atoms with E-state index in [1.54, 1.807) is 4.90 Å². The number of sulfonamides is 1. The number of carbonyl (C=O) groups excluding carboxylic acids is 1. The summed E-state index contributed by atoms with van der Waals surface area (Å²) >= 11 is 0. The van der Waals surface area contributed by atoms with E-state index < -0.39 is 10.0 Å². The number of carbonyl (C=O) groups is 1. The van der Waals surface area contributed by atoms with Crippen LogP contribution in [0, 0.1) is 0 Å². The second-order valence-electron chi connectivity index (χ2n) is 6.81. The fraction of sp³-hybridized carbons (Fsp3) is 0.350. The minimum absolute atomic E-state index is 0.0998. The Kier molecular flexibility index (Phi) is 6.33. The van der Waals surface area contributed by atoms with Crippen molar-refractivity contribution in [1.29, 1.82) is 0 Å². The van der Waals surface area contributed by atoms with Crippen LogP contribution in [0.3, 0.4) is 0 Å². The average Bonchev–Trinajstić information content (AvgIpc) is 2.92. The van der Waals surface area contributed by atoms with Crippen molar-refractivity contribution in [2.24, 2.45) is 5.14 Å². The molecule has 7 nitrogen and oxygen atoms in total. The summed E-state index contributed by atoms with van der Waals surface area (Å²) in [6.07, 6.45) is 0.843. The number of methoxy groups -OCH3 is 1. The topological polar surface area (TPSA) is 92.9 Å². The molecule has 0 atom stereocenters. The van der Waals surface area contributed by atoms with Crippen LogP contribution >= 0.6 is 0 Å². The number of amides is 1. The van der Waals surface area contributed by atoms with E-state index in [-0.39, 0.29) is 16.4 Å². The zero-order valence-corrected chi connectivity index (χ0v) is 16.7. The molecule has 0 unspecified atom stereocenters. The second kappa shape index (κ2) is 8.72. The van der Waals surface area contributed by atoms with Gasteiger partial charge in [-0.3, -0.25) is 9.69 Å². The molecular formula is C20H25N3O4S. The molecule has 1 aliphatic rings. The summed E-state index contributed by atoms with van der Waals surface area (Å²) in [6, 6.07) is 14.3. The molecule has 0 saturated carbocycles. The predicted molar refractivity (Wildman–Crippen MR) is 107 cm³/mol. The minimum atomic E-state index is -3.90. The fourth-order valence-corrected chi connectivity index (χ4v) is 3.92. The smallest absolute Gasteiger partial charge is 0.257 e. The Labute approximate surface area is 165 Å². The number of nitrogens with two attached hydrogens (primary N) is 1. The number of rotatable bonds is 5. The van der Waals surface area contributed by atoms with Gasteiger partial charge in [-0.1, -0.05) is 30.3 Å². The molecule has 0 radical (unpaired) electrons. The summed E-state index contributed by atoms with van der Waals surface area (Å²) in [6.45, 7) is 3.65. The van der Waals surface area contributed by atoms with Crippen molar-refractivity contribution in [3.05, 3.63) is 59.7 Å². The molecule has 3 rings (SSSR count). The maximum absolute atomic E-state index is 13.1. The predicted octanol–water partition coefficient (Wildman–Crippen LogP) is 1.69. The quantitative estimate of drug-likeness (QED) is 0.820. The van der Waals surface area contributed by atoms with E-state index in [1.165, 1.54) is 30.9 Å². The summed E-state index contributed by atoms with van der Waals surface area (Å²) < 4.78 is 28.6. The molecule has 0 aromatic heterocycles. The number of primary sulfonamides is 1. The number of ether oxygens (including phenoxy) is 1. The summed E-state index contributed by atoms with van der Waals surface area (Å²) in [5.41, 5.74) is 1.45. The Bertz CT molecular complexity index is 932. The van der Waals surface area contributed by atoms with Crippen LogP contribution in [0.25, 0.3) is 0 Å². The lowest BCUT2D eigenvalue weighted by Gasteiger charge is -2.23. The summed E-state index contributed by atoms with van der Waals surface area (Å²) in [5.74, 6) is 0.0895. The Balaban J connectivity index is 1.74. The molecule has 8 heteroatoms. The monoisotopic (exact) mass is 403 g/mol. The van der Waals surface area contributed by atoms with Crippen molar-refractivity contribution in [3.8, 4) is 5.75 Å². The highest BCUT2D eigenvalue weighted by Crippen LogP contribution is 2.24. The van der Waals surface area contributed by atoms with E-state index in [0.717, 1.165) is 26.1 Å². The highest BCUT2D eigenvalue weighted by atomic mass is 32.2. The minimum Gasteiger partial charge on any atom is -0.496 e. The number of benzene rings is 2. The molecule has 2 aromatic rings. The zero-order valence-electron chi connectivity index (χ0n) is 15.9. The first kappa shape index (κ1) is 20.3. The van der Waals surface area contributed by atoms with E-state index in [4.69, 9.17) is 9.88 Å². The first-order valence-electron chi connectivity index (χ1n) is 9.15. The summed E-state index contributed by atoms with van der Waals surface area (Å²) in [7, 11) is -2.45. The third-order valence-corrected chi connectivity index (χ3v) is 5.77. The van der Waals surface area contributed by atoms with Gasteiger partial charge in [0.15, 0.2) is 0 Å². The summed E-state index contributed by atoms with van der Waals surface area (Å²) in [5, 5.41) is 5.21. The molecule has 1 saturated heterocycles. The molecule has 0 spiro atoms. The molecular weight excluding hydrogens is 378 g/mol. The van der Waals surface area contributed by atoms with Gasteiger partial charge in [-0.2, -0.15) is 0 Å². The number of nitrogens with zero attached hydrogens (tertiary/aromatic N) is 2. The lowest BCUT2D eigenvalue weighted by atomic mass is 10.1. The average molecular weight is 404 g/mol. The van der Waals surface area contributed by atoms with Crippen molar-refractivity contribution in [1.82, 2.24) is 9.80 Å². The number of hydrogen-bond donors (Lipinski definition) is 1. The van der Waals surface area contributed by atoms with E-state index in [0.29, 0.717) is 18.8 Å². The third-order valence-electron chi connectivity index (χ3n) is 4.85. The van der Waals surface area contributed by atoms with Crippen molar-refractivity contribution >= 4 is 15.9 Å². The molecule has 1 fully saturated rings. The molecule has 2 aromatic carbocycles. The van der Waals surface area contributed by atoms with Gasteiger partial charge >= 0.3 is 0 Å². The van der Waals surface area contributed by atoms with Crippen molar-refractivity contribution in [2.45, 2.75) is 17.9 Å². The van der Waals surface area contributed by atoms with Crippen molar-refractivity contribution in [3.63, 3.8) is 0 Å². The first-order chi connectivity index (χ1) is 13.4.